The second-order valence-corrected chi connectivity index (χ2v) is 10.1. The minimum atomic E-state index is -3.44. The number of anilines is 2. The Morgan fingerprint density at radius 3 is 2.42 bits per heavy atom. The fourth-order valence-electron chi connectivity index (χ4n) is 3.97. The van der Waals surface area contributed by atoms with Crippen molar-refractivity contribution in [2.24, 2.45) is 0 Å². The zero-order chi connectivity index (χ0) is 25.4. The van der Waals surface area contributed by atoms with E-state index in [9.17, 15) is 22.0 Å². The highest BCUT2D eigenvalue weighted by Gasteiger charge is 2.15. The van der Waals surface area contributed by atoms with Gasteiger partial charge in [0.2, 0.25) is 10.0 Å². The van der Waals surface area contributed by atoms with Crippen LogP contribution in [0.15, 0.2) is 79.0 Å². The predicted molar refractivity (Wildman–Crippen MR) is 136 cm³/mol. The second-order valence-electron chi connectivity index (χ2n) is 8.32. The van der Waals surface area contributed by atoms with Crippen molar-refractivity contribution in [2.45, 2.75) is 0 Å². The monoisotopic (exact) mass is 506 g/mol. The molecule has 0 aliphatic rings. The molecule has 0 atom stereocenters. The summed E-state index contributed by atoms with van der Waals surface area (Å²) >= 11 is 0. The van der Waals surface area contributed by atoms with Crippen LogP contribution < -0.4 is 10.0 Å². The van der Waals surface area contributed by atoms with Gasteiger partial charge in [0, 0.05) is 45.7 Å². The van der Waals surface area contributed by atoms with E-state index in [2.05, 4.69) is 20.0 Å². The minimum Gasteiger partial charge on any atom is -0.361 e. The largest absolute Gasteiger partial charge is 0.361 e. The van der Waals surface area contributed by atoms with Gasteiger partial charge in [-0.2, -0.15) is 0 Å². The van der Waals surface area contributed by atoms with Crippen molar-refractivity contribution in [3.05, 3.63) is 96.3 Å². The average molecular weight is 507 g/mol. The molecule has 4 N–H and O–H groups in total. The van der Waals surface area contributed by atoms with Crippen LogP contribution in [-0.2, 0) is 10.0 Å². The summed E-state index contributed by atoms with van der Waals surface area (Å²) in [4.78, 5) is 19.1. The van der Waals surface area contributed by atoms with Gasteiger partial charge in [0.05, 0.1) is 11.9 Å². The first-order chi connectivity index (χ1) is 17.1. The van der Waals surface area contributed by atoms with Gasteiger partial charge >= 0.3 is 0 Å². The SMILES string of the molecule is CS(=O)(=O)Nc1ccc2cc(C(=O)Nc3cc(-c4ccc[nH]4)cc(-c4ccc(F)cc4F)c3)[nH]c2c1. The molecule has 10 heteroatoms. The average Bonchev–Trinajstić information content (AvgIpc) is 3.48. The highest BCUT2D eigenvalue weighted by Crippen LogP contribution is 2.32. The van der Waals surface area contributed by atoms with Crippen molar-refractivity contribution in [3.8, 4) is 22.4 Å². The number of H-pyrrole nitrogens is 2. The van der Waals surface area contributed by atoms with Crippen LogP contribution in [0.2, 0.25) is 0 Å². The predicted octanol–water partition coefficient (Wildman–Crippen LogP) is 5.73. The molecule has 182 valence electrons. The van der Waals surface area contributed by atoms with Gasteiger partial charge in [-0.3, -0.25) is 9.52 Å². The number of fused-ring (bicyclic) bond motifs is 1. The van der Waals surface area contributed by atoms with Crippen LogP contribution in [0.4, 0.5) is 20.2 Å². The highest BCUT2D eigenvalue weighted by molar-refractivity contribution is 7.92. The van der Waals surface area contributed by atoms with Crippen molar-refractivity contribution in [2.75, 3.05) is 16.3 Å². The Labute approximate surface area is 205 Å². The Morgan fingerprint density at radius 1 is 0.889 bits per heavy atom. The van der Waals surface area contributed by atoms with Crippen molar-refractivity contribution in [1.29, 1.82) is 0 Å². The molecule has 0 aliphatic heterocycles. The van der Waals surface area contributed by atoms with Gasteiger partial charge in [-0.15, -0.1) is 0 Å². The molecular formula is C26H20F2N4O3S. The van der Waals surface area contributed by atoms with Crippen LogP contribution in [0, 0.1) is 11.6 Å². The number of nitrogens with one attached hydrogen (secondary N) is 4. The summed E-state index contributed by atoms with van der Waals surface area (Å²) in [6.45, 7) is 0. The Balaban J connectivity index is 1.49. The number of carbonyl (C=O) groups excluding carboxylic acids is 1. The summed E-state index contributed by atoms with van der Waals surface area (Å²) < 4.78 is 53.4. The summed E-state index contributed by atoms with van der Waals surface area (Å²) in [6, 6.07) is 18.6. The number of sulfonamides is 1. The molecule has 0 fully saturated rings. The van der Waals surface area contributed by atoms with Crippen LogP contribution in [0.3, 0.4) is 0 Å². The van der Waals surface area contributed by atoms with Gasteiger partial charge in [-0.25, -0.2) is 17.2 Å². The number of rotatable bonds is 6. The maximum atomic E-state index is 14.5. The van der Waals surface area contributed by atoms with E-state index in [1.165, 1.54) is 12.1 Å². The summed E-state index contributed by atoms with van der Waals surface area (Å²) in [7, 11) is -3.44. The van der Waals surface area contributed by atoms with E-state index in [1.807, 2.05) is 12.1 Å². The first-order valence-corrected chi connectivity index (χ1v) is 12.7. The number of aromatic nitrogens is 2. The van der Waals surface area contributed by atoms with Gasteiger partial charge in [0.25, 0.3) is 5.91 Å². The maximum absolute atomic E-state index is 14.5. The van der Waals surface area contributed by atoms with Crippen molar-refractivity contribution < 1.29 is 22.0 Å². The highest BCUT2D eigenvalue weighted by atomic mass is 32.2. The molecule has 0 saturated carbocycles. The van der Waals surface area contributed by atoms with E-state index in [1.54, 1.807) is 48.7 Å². The van der Waals surface area contributed by atoms with E-state index in [0.717, 1.165) is 18.0 Å². The number of carbonyl (C=O) groups is 1. The number of hydrogen-bond donors (Lipinski definition) is 4. The third-order valence-corrected chi connectivity index (χ3v) is 6.12. The second kappa shape index (κ2) is 8.97. The lowest BCUT2D eigenvalue weighted by molar-refractivity contribution is 0.102. The smallest absolute Gasteiger partial charge is 0.272 e. The molecule has 0 unspecified atom stereocenters. The number of benzene rings is 3. The first kappa shape index (κ1) is 23.3. The molecule has 5 aromatic rings. The molecule has 2 aromatic heterocycles. The van der Waals surface area contributed by atoms with Gasteiger partial charge in [0.15, 0.2) is 0 Å². The van der Waals surface area contributed by atoms with Crippen LogP contribution in [0.1, 0.15) is 10.5 Å². The number of halogens is 2. The van der Waals surface area contributed by atoms with Gasteiger partial charge < -0.3 is 15.3 Å². The number of amides is 1. The summed E-state index contributed by atoms with van der Waals surface area (Å²) in [5.74, 6) is -1.85. The lowest BCUT2D eigenvalue weighted by Gasteiger charge is -2.11. The molecule has 2 heterocycles. The first-order valence-electron chi connectivity index (χ1n) is 10.8. The standard InChI is InChI=1S/C26H20F2N4O3S/c1-36(34,35)32-19-6-4-15-12-25(31-24(15)14-19)26(33)30-20-10-16(21-7-5-18(27)13-22(21)28)9-17(11-20)23-3-2-8-29-23/h2-14,29,31-32H,1H3,(H,30,33). The molecule has 36 heavy (non-hydrogen) atoms. The topological polar surface area (TPSA) is 107 Å². The van der Waals surface area contributed by atoms with E-state index in [0.29, 0.717) is 33.4 Å². The minimum absolute atomic E-state index is 0.192. The van der Waals surface area contributed by atoms with Crippen molar-refractivity contribution >= 4 is 38.2 Å². The Morgan fingerprint density at radius 2 is 1.69 bits per heavy atom. The van der Waals surface area contributed by atoms with Crippen LogP contribution >= 0.6 is 0 Å². The molecule has 0 radical (unpaired) electrons. The number of aromatic amines is 2. The van der Waals surface area contributed by atoms with Crippen LogP contribution in [0.5, 0.6) is 0 Å². The fourth-order valence-corrected chi connectivity index (χ4v) is 4.52. The summed E-state index contributed by atoms with van der Waals surface area (Å²) in [6.07, 6.45) is 2.80. The Kier molecular flexibility index (Phi) is 5.81. The molecule has 0 spiro atoms. The molecule has 0 bridgehead atoms. The van der Waals surface area contributed by atoms with E-state index < -0.39 is 27.6 Å². The third-order valence-electron chi connectivity index (χ3n) is 5.51. The van der Waals surface area contributed by atoms with Gasteiger partial charge in [-0.1, -0.05) is 6.07 Å². The normalized spacial score (nSPS) is 11.5. The van der Waals surface area contributed by atoms with E-state index in [4.69, 9.17) is 0 Å². The summed E-state index contributed by atoms with van der Waals surface area (Å²) in [5, 5.41) is 3.54. The summed E-state index contributed by atoms with van der Waals surface area (Å²) in [5.41, 5.74) is 3.70. The van der Waals surface area contributed by atoms with Gasteiger partial charge in [0.1, 0.15) is 17.3 Å². The van der Waals surface area contributed by atoms with Crippen LogP contribution in [-0.4, -0.2) is 30.5 Å². The molecule has 0 aliphatic carbocycles. The van der Waals surface area contributed by atoms with E-state index in [-0.39, 0.29) is 11.3 Å². The van der Waals surface area contributed by atoms with Crippen molar-refractivity contribution in [3.63, 3.8) is 0 Å². The molecule has 1 amide bonds. The molecule has 5 rings (SSSR count). The fraction of sp³-hybridized carbons (Fsp3) is 0.0385. The molecular weight excluding hydrogens is 486 g/mol. The van der Waals surface area contributed by atoms with Gasteiger partial charge in [-0.05, 0) is 66.2 Å². The molecule has 3 aromatic carbocycles. The Bertz CT molecular complexity index is 1710. The van der Waals surface area contributed by atoms with Crippen molar-refractivity contribution in [1.82, 2.24) is 9.97 Å². The lowest BCUT2D eigenvalue weighted by atomic mass is 10.00. The lowest BCUT2D eigenvalue weighted by Crippen LogP contribution is -2.12. The number of hydrogen-bond acceptors (Lipinski definition) is 3. The molecule has 0 saturated heterocycles. The maximum Gasteiger partial charge on any atom is 0.272 e. The quantitative estimate of drug-likeness (QED) is 0.236. The Hall–Kier alpha value is -4.44. The van der Waals surface area contributed by atoms with Crippen LogP contribution in [0.25, 0.3) is 33.3 Å². The zero-order valence-corrected chi connectivity index (χ0v) is 19.7. The zero-order valence-electron chi connectivity index (χ0n) is 18.9. The molecule has 7 nitrogen and oxygen atoms in total. The van der Waals surface area contributed by atoms with E-state index >= 15 is 0 Å². The third kappa shape index (κ3) is 4.98.